The minimum absolute atomic E-state index is 0.107. The lowest BCUT2D eigenvalue weighted by atomic mass is 9.72. The van der Waals surface area contributed by atoms with Crippen molar-refractivity contribution in [3.63, 3.8) is 0 Å². The highest BCUT2D eigenvalue weighted by Crippen LogP contribution is 2.51. The van der Waals surface area contributed by atoms with E-state index in [0.717, 1.165) is 43.2 Å². The van der Waals surface area contributed by atoms with Crippen LogP contribution in [-0.4, -0.2) is 34.6 Å². The molecule has 2 saturated heterocycles. The first-order valence-corrected chi connectivity index (χ1v) is 10.1. The summed E-state index contributed by atoms with van der Waals surface area (Å²) in [6.07, 6.45) is 4.73. The molecule has 2 aromatic rings. The summed E-state index contributed by atoms with van der Waals surface area (Å²) < 4.78 is 0. The zero-order valence-corrected chi connectivity index (χ0v) is 16.3. The zero-order valence-electron chi connectivity index (χ0n) is 16.3. The third kappa shape index (κ3) is 3.08. The first-order valence-electron chi connectivity index (χ1n) is 10.1. The highest BCUT2D eigenvalue weighted by Gasteiger charge is 2.56. The van der Waals surface area contributed by atoms with Gasteiger partial charge in [0.15, 0.2) is 0 Å². The van der Waals surface area contributed by atoms with Crippen LogP contribution in [0.4, 0.5) is 0 Å². The van der Waals surface area contributed by atoms with Gasteiger partial charge in [0.05, 0.1) is 6.61 Å². The number of aryl methyl sites for hydroxylation is 1. The number of benzene rings is 2. The lowest BCUT2D eigenvalue weighted by Gasteiger charge is -2.35. The number of carbonyl (C=O) groups is 1. The maximum absolute atomic E-state index is 13.5. The smallest absolute Gasteiger partial charge is 0.254 e. The largest absolute Gasteiger partial charge is 0.396 e. The maximum atomic E-state index is 13.5. The van der Waals surface area contributed by atoms with Gasteiger partial charge >= 0.3 is 0 Å². The van der Waals surface area contributed by atoms with E-state index < -0.39 is 0 Å². The van der Waals surface area contributed by atoms with E-state index in [-0.39, 0.29) is 30.0 Å². The number of fused-ring (bicyclic) bond motifs is 2. The molecule has 0 aromatic heterocycles. The van der Waals surface area contributed by atoms with Crippen LogP contribution in [0.5, 0.6) is 0 Å². The predicted octanol–water partition coefficient (Wildman–Crippen LogP) is 4.35. The summed E-state index contributed by atoms with van der Waals surface area (Å²) in [6, 6.07) is 17.0. The lowest BCUT2D eigenvalue weighted by Crippen LogP contribution is -2.42. The molecule has 0 spiro atoms. The summed E-state index contributed by atoms with van der Waals surface area (Å²) in [4.78, 5) is 15.6. The predicted molar refractivity (Wildman–Crippen MR) is 108 cm³/mol. The van der Waals surface area contributed by atoms with Gasteiger partial charge in [0.25, 0.3) is 5.91 Å². The Bertz CT molecular complexity index is 823. The van der Waals surface area contributed by atoms with Crippen LogP contribution < -0.4 is 0 Å². The zero-order chi connectivity index (χ0) is 19.0. The number of aliphatic hydroxyl groups is 1. The summed E-state index contributed by atoms with van der Waals surface area (Å²) in [5.41, 5.74) is 4.27. The van der Waals surface area contributed by atoms with Crippen molar-refractivity contribution < 1.29 is 9.90 Å². The highest BCUT2D eigenvalue weighted by molar-refractivity contribution is 5.96. The Morgan fingerprint density at radius 1 is 1.15 bits per heavy atom. The molecule has 2 heterocycles. The summed E-state index contributed by atoms with van der Waals surface area (Å²) in [7, 11) is 0. The molecule has 0 aliphatic carbocycles. The van der Waals surface area contributed by atoms with Gasteiger partial charge in [-0.3, -0.25) is 4.79 Å². The summed E-state index contributed by atoms with van der Waals surface area (Å²) >= 11 is 0. The van der Waals surface area contributed by atoms with Gasteiger partial charge in [0.2, 0.25) is 0 Å². The summed E-state index contributed by atoms with van der Waals surface area (Å²) in [6.45, 7) is 4.41. The molecule has 3 heteroatoms. The number of aliphatic hydroxyl groups excluding tert-OH is 1. The fourth-order valence-electron chi connectivity index (χ4n) is 5.21. The van der Waals surface area contributed by atoms with Crippen LogP contribution in [0.25, 0.3) is 0 Å². The Kier molecular flexibility index (Phi) is 4.81. The van der Waals surface area contributed by atoms with Gasteiger partial charge in [0, 0.05) is 23.1 Å². The van der Waals surface area contributed by atoms with Gasteiger partial charge < -0.3 is 10.0 Å². The normalized spacial score (nSPS) is 26.6. The van der Waals surface area contributed by atoms with Crippen molar-refractivity contribution in [2.24, 2.45) is 5.41 Å². The van der Waals surface area contributed by atoms with Crippen LogP contribution in [0.15, 0.2) is 48.5 Å². The average molecular weight is 364 g/mol. The minimum Gasteiger partial charge on any atom is -0.396 e. The van der Waals surface area contributed by atoms with Crippen molar-refractivity contribution in [2.45, 2.75) is 58.0 Å². The summed E-state index contributed by atoms with van der Waals surface area (Å²) in [5.74, 6) is 0.147. The lowest BCUT2D eigenvalue weighted by molar-refractivity contribution is 0.0556. The molecule has 27 heavy (non-hydrogen) atoms. The topological polar surface area (TPSA) is 40.5 Å². The molecule has 2 fully saturated rings. The van der Waals surface area contributed by atoms with Crippen LogP contribution in [-0.2, 0) is 6.42 Å². The molecule has 0 unspecified atom stereocenters. The van der Waals surface area contributed by atoms with Gasteiger partial charge in [-0.05, 0) is 56.2 Å². The average Bonchev–Trinajstić information content (AvgIpc) is 3.26. The van der Waals surface area contributed by atoms with Crippen molar-refractivity contribution in [1.29, 1.82) is 0 Å². The number of nitrogens with zero attached hydrogens (tertiary/aromatic N) is 1. The van der Waals surface area contributed by atoms with E-state index in [1.165, 1.54) is 11.1 Å². The Hall–Kier alpha value is -2.13. The van der Waals surface area contributed by atoms with E-state index >= 15 is 0 Å². The van der Waals surface area contributed by atoms with E-state index in [1.807, 2.05) is 18.2 Å². The van der Waals surface area contributed by atoms with Gasteiger partial charge in [-0.15, -0.1) is 0 Å². The molecule has 0 saturated carbocycles. The van der Waals surface area contributed by atoms with Gasteiger partial charge in [0.1, 0.15) is 0 Å². The van der Waals surface area contributed by atoms with Crippen molar-refractivity contribution in [2.75, 3.05) is 6.61 Å². The molecule has 2 aliphatic heterocycles. The van der Waals surface area contributed by atoms with E-state index in [9.17, 15) is 9.90 Å². The van der Waals surface area contributed by atoms with Crippen LogP contribution in [0.1, 0.15) is 59.7 Å². The Labute approximate surface area is 162 Å². The van der Waals surface area contributed by atoms with E-state index in [0.29, 0.717) is 0 Å². The Balaban J connectivity index is 1.63. The second kappa shape index (κ2) is 7.12. The molecule has 1 amide bonds. The first kappa shape index (κ1) is 18.2. The number of amides is 1. The van der Waals surface area contributed by atoms with Crippen LogP contribution in [0, 0.1) is 12.3 Å². The quantitative estimate of drug-likeness (QED) is 0.858. The van der Waals surface area contributed by atoms with Crippen molar-refractivity contribution in [1.82, 2.24) is 4.90 Å². The van der Waals surface area contributed by atoms with Crippen LogP contribution in [0.2, 0.25) is 0 Å². The number of hydrogen-bond acceptors (Lipinski definition) is 2. The second-order valence-electron chi connectivity index (χ2n) is 8.36. The third-order valence-electron chi connectivity index (χ3n) is 6.87. The number of hydrogen-bond donors (Lipinski definition) is 1. The number of rotatable bonds is 5. The first-order chi connectivity index (χ1) is 13.1. The molecule has 2 aromatic carbocycles. The molecule has 142 valence electrons. The van der Waals surface area contributed by atoms with Gasteiger partial charge in [-0.25, -0.2) is 0 Å². The third-order valence-corrected chi connectivity index (χ3v) is 6.87. The highest BCUT2D eigenvalue weighted by atomic mass is 16.3. The molecule has 0 radical (unpaired) electrons. The second-order valence-corrected chi connectivity index (χ2v) is 8.36. The summed E-state index contributed by atoms with van der Waals surface area (Å²) in [5, 5.41) is 10.0. The monoisotopic (exact) mass is 363 g/mol. The van der Waals surface area contributed by atoms with Crippen molar-refractivity contribution in [3.05, 3.63) is 70.8 Å². The molecule has 3 nitrogen and oxygen atoms in total. The number of carbonyl (C=O) groups excluding carboxylic acids is 1. The molecular weight excluding hydrogens is 334 g/mol. The van der Waals surface area contributed by atoms with Crippen molar-refractivity contribution >= 4 is 5.91 Å². The standard InChI is InChI=1S/C24H29NO2/c1-3-24(16-26)15-20-12-13-22(24)25(20)23(27)21-7-5-4-6-19(21)14-18-10-8-17(2)9-11-18/h4-11,20,22,26H,3,12-16H2,1-2H3/t20-,22+,24-/m1/s1. The van der Waals surface area contributed by atoms with Gasteiger partial charge in [-0.2, -0.15) is 0 Å². The fraction of sp³-hybridized carbons (Fsp3) is 0.458. The van der Waals surface area contributed by atoms with E-state index in [1.54, 1.807) is 0 Å². The molecular formula is C24H29NO2. The Morgan fingerprint density at radius 3 is 2.56 bits per heavy atom. The fourth-order valence-corrected chi connectivity index (χ4v) is 5.21. The van der Waals surface area contributed by atoms with E-state index in [2.05, 4.69) is 49.1 Å². The molecule has 2 bridgehead atoms. The van der Waals surface area contributed by atoms with Crippen LogP contribution >= 0.6 is 0 Å². The maximum Gasteiger partial charge on any atom is 0.254 e. The van der Waals surface area contributed by atoms with Gasteiger partial charge in [-0.1, -0.05) is 55.0 Å². The molecule has 2 aliphatic rings. The molecule has 1 N–H and O–H groups in total. The van der Waals surface area contributed by atoms with Crippen LogP contribution in [0.3, 0.4) is 0 Å². The molecule has 4 rings (SSSR count). The minimum atomic E-state index is -0.107. The van der Waals surface area contributed by atoms with E-state index in [4.69, 9.17) is 0 Å². The molecule has 3 atom stereocenters. The SMILES string of the molecule is CC[C@]1(CO)C[C@H]2CC[C@@H]1N2C(=O)c1ccccc1Cc1ccc(C)cc1. The van der Waals surface area contributed by atoms with Crippen molar-refractivity contribution in [3.8, 4) is 0 Å². The Morgan fingerprint density at radius 2 is 1.89 bits per heavy atom.